The standard InChI is InChI=1S/C16H20N2O.2C2H4O2.Zn/c19-15(18-14-3-1-2-4-17-14)16-8-11-5-12(9-16)7-13(6-11)10-16;2*1-2(3)4;/h1-4,11-13H,5-10H2,(H,17,18,19);2*1H3,(H,3,4);/q;;;+2/p-2. The van der Waals surface area contributed by atoms with Crippen LogP contribution in [0, 0.1) is 23.2 Å². The number of nitrogens with one attached hydrogen (secondary N) is 1. The minimum atomic E-state index is -1.08. The van der Waals surface area contributed by atoms with Crippen molar-refractivity contribution in [2.24, 2.45) is 23.2 Å². The van der Waals surface area contributed by atoms with Crippen molar-refractivity contribution in [2.45, 2.75) is 52.4 Å². The Labute approximate surface area is 178 Å². The molecule has 1 amide bonds. The molecule has 0 aliphatic heterocycles. The van der Waals surface area contributed by atoms with Gasteiger partial charge in [-0.3, -0.25) is 4.79 Å². The van der Waals surface area contributed by atoms with Gasteiger partial charge in [0.25, 0.3) is 0 Å². The Morgan fingerprint density at radius 2 is 1.39 bits per heavy atom. The van der Waals surface area contributed by atoms with E-state index in [4.69, 9.17) is 19.8 Å². The maximum atomic E-state index is 12.7. The van der Waals surface area contributed by atoms with Gasteiger partial charge in [0.1, 0.15) is 5.82 Å². The molecule has 5 rings (SSSR count). The summed E-state index contributed by atoms with van der Waals surface area (Å²) in [6.07, 6.45) is 9.17. The molecule has 0 unspecified atom stereocenters. The Morgan fingerprint density at radius 3 is 1.75 bits per heavy atom. The molecule has 1 aromatic rings. The molecule has 7 nitrogen and oxygen atoms in total. The molecule has 4 aliphatic rings. The second-order valence-corrected chi connectivity index (χ2v) is 7.85. The number of anilines is 1. The first-order valence-electron chi connectivity index (χ1n) is 9.28. The van der Waals surface area contributed by atoms with Crippen LogP contribution in [-0.4, -0.2) is 22.8 Å². The Morgan fingerprint density at radius 1 is 0.964 bits per heavy atom. The van der Waals surface area contributed by atoms with E-state index < -0.39 is 11.9 Å². The van der Waals surface area contributed by atoms with Crippen LogP contribution in [0.2, 0.25) is 0 Å². The Kier molecular flexibility index (Phi) is 9.21. The van der Waals surface area contributed by atoms with Gasteiger partial charge in [0.05, 0.1) is 5.41 Å². The zero-order chi connectivity index (χ0) is 20.0. The van der Waals surface area contributed by atoms with Crippen molar-refractivity contribution in [3.05, 3.63) is 24.4 Å². The van der Waals surface area contributed by atoms with E-state index in [1.807, 2.05) is 18.2 Å². The molecule has 0 saturated heterocycles. The molecule has 0 radical (unpaired) electrons. The van der Waals surface area contributed by atoms with Crippen molar-refractivity contribution in [3.8, 4) is 0 Å². The first-order valence-corrected chi connectivity index (χ1v) is 9.28. The maximum absolute atomic E-state index is 12.7. The van der Waals surface area contributed by atoms with Gasteiger partial charge in [-0.1, -0.05) is 6.07 Å². The van der Waals surface area contributed by atoms with Crippen LogP contribution in [0.5, 0.6) is 0 Å². The van der Waals surface area contributed by atoms with Crippen molar-refractivity contribution < 1.29 is 44.1 Å². The fourth-order valence-electron chi connectivity index (χ4n) is 5.07. The topological polar surface area (TPSA) is 122 Å². The normalized spacial score (nSPS) is 28.4. The quantitative estimate of drug-likeness (QED) is 0.678. The van der Waals surface area contributed by atoms with Crippen molar-refractivity contribution in [2.75, 3.05) is 5.32 Å². The van der Waals surface area contributed by atoms with Crippen molar-refractivity contribution in [3.63, 3.8) is 0 Å². The first-order chi connectivity index (χ1) is 12.7. The predicted octanol–water partition coefficient (Wildman–Crippen LogP) is 0.746. The summed E-state index contributed by atoms with van der Waals surface area (Å²) in [6.45, 7) is 1.94. The summed E-state index contributed by atoms with van der Waals surface area (Å²) in [6, 6.07) is 5.67. The summed E-state index contributed by atoms with van der Waals surface area (Å²) < 4.78 is 0. The molecule has 148 valence electrons. The van der Waals surface area contributed by atoms with Gasteiger partial charge in [-0.25, -0.2) is 4.98 Å². The maximum Gasteiger partial charge on any atom is 2.00 e. The van der Waals surface area contributed by atoms with Gasteiger partial charge < -0.3 is 25.1 Å². The molecular weight excluding hydrogens is 414 g/mol. The number of nitrogens with zero attached hydrogens (tertiary/aromatic N) is 1. The minimum absolute atomic E-state index is 0. The Bertz CT molecular complexity index is 625. The number of hydrogen-bond acceptors (Lipinski definition) is 6. The second kappa shape index (κ2) is 10.7. The Hall–Kier alpha value is -1.82. The summed E-state index contributed by atoms with van der Waals surface area (Å²) >= 11 is 0. The summed E-state index contributed by atoms with van der Waals surface area (Å²) in [4.78, 5) is 34.7. The van der Waals surface area contributed by atoms with Gasteiger partial charge in [0, 0.05) is 18.1 Å². The molecule has 8 heteroatoms. The van der Waals surface area contributed by atoms with Crippen molar-refractivity contribution >= 4 is 23.7 Å². The van der Waals surface area contributed by atoms with E-state index in [1.54, 1.807) is 6.20 Å². The average Bonchev–Trinajstić information content (AvgIpc) is 2.53. The number of aliphatic carboxylic acids is 2. The number of carboxylic acids is 2. The van der Waals surface area contributed by atoms with Crippen LogP contribution in [0.15, 0.2) is 24.4 Å². The smallest absolute Gasteiger partial charge is 0.550 e. The van der Waals surface area contributed by atoms with E-state index in [0.29, 0.717) is 5.82 Å². The molecule has 1 N–H and O–H groups in total. The van der Waals surface area contributed by atoms with Gasteiger partial charge in [0.2, 0.25) is 5.91 Å². The Balaban J connectivity index is 0.000000377. The molecule has 0 aromatic carbocycles. The molecule has 1 aromatic heterocycles. The van der Waals surface area contributed by atoms with Gasteiger partial charge in [-0.2, -0.15) is 0 Å². The van der Waals surface area contributed by atoms with Crippen LogP contribution in [0.1, 0.15) is 52.4 Å². The zero-order valence-corrected chi connectivity index (χ0v) is 19.4. The largest absolute Gasteiger partial charge is 2.00 e. The van der Waals surface area contributed by atoms with E-state index >= 15 is 0 Å². The molecule has 4 fully saturated rings. The van der Waals surface area contributed by atoms with E-state index in [-0.39, 0.29) is 30.8 Å². The first kappa shape index (κ1) is 24.2. The van der Waals surface area contributed by atoms with Crippen LogP contribution < -0.4 is 15.5 Å². The van der Waals surface area contributed by atoms with Crippen LogP contribution >= 0.6 is 0 Å². The average molecular weight is 440 g/mol. The third kappa shape index (κ3) is 6.97. The van der Waals surface area contributed by atoms with E-state index in [0.717, 1.165) is 50.9 Å². The summed E-state index contributed by atoms with van der Waals surface area (Å²) in [7, 11) is 0. The number of rotatable bonds is 2. The number of carbonyl (C=O) groups is 3. The van der Waals surface area contributed by atoms with Gasteiger partial charge in [0.15, 0.2) is 0 Å². The molecule has 1 heterocycles. The fourth-order valence-corrected chi connectivity index (χ4v) is 5.07. The molecule has 4 saturated carbocycles. The van der Waals surface area contributed by atoms with Crippen LogP contribution in [0.3, 0.4) is 0 Å². The summed E-state index contributed by atoms with van der Waals surface area (Å²) in [5.41, 5.74) is -0.0771. The van der Waals surface area contributed by atoms with Crippen LogP contribution in [0.4, 0.5) is 5.82 Å². The summed E-state index contributed by atoms with van der Waals surface area (Å²) in [5.74, 6) is 1.18. The van der Waals surface area contributed by atoms with Crippen LogP contribution in [0.25, 0.3) is 0 Å². The SMILES string of the molecule is CC(=O)[O-].CC(=O)[O-].O=C(Nc1ccccn1)C12CC3CC(CC(C3)C1)C2.[Zn+2]. The van der Waals surface area contributed by atoms with Gasteiger partial charge >= 0.3 is 19.5 Å². The molecule has 4 bridgehead atoms. The van der Waals surface area contributed by atoms with E-state index in [1.165, 1.54) is 19.3 Å². The van der Waals surface area contributed by atoms with E-state index in [9.17, 15) is 4.79 Å². The van der Waals surface area contributed by atoms with Crippen LogP contribution in [-0.2, 0) is 33.9 Å². The number of aromatic nitrogens is 1. The zero-order valence-electron chi connectivity index (χ0n) is 16.5. The molecule has 28 heavy (non-hydrogen) atoms. The number of hydrogen-bond donors (Lipinski definition) is 1. The predicted molar refractivity (Wildman–Crippen MR) is 94.8 cm³/mol. The second-order valence-electron chi connectivity index (χ2n) is 7.85. The van der Waals surface area contributed by atoms with Crippen molar-refractivity contribution in [1.29, 1.82) is 0 Å². The van der Waals surface area contributed by atoms with Gasteiger partial charge in [-0.05, 0) is 82.3 Å². The molecular formula is C20H26N2O5Zn. The minimum Gasteiger partial charge on any atom is -0.550 e. The number of amides is 1. The third-order valence-corrected chi connectivity index (χ3v) is 5.43. The number of carboxylic acid groups (broad SMARTS) is 2. The monoisotopic (exact) mass is 438 g/mol. The third-order valence-electron chi connectivity index (χ3n) is 5.43. The van der Waals surface area contributed by atoms with Gasteiger partial charge in [-0.15, -0.1) is 0 Å². The molecule has 0 atom stereocenters. The number of pyridine rings is 1. The molecule has 0 spiro atoms. The fraction of sp³-hybridized carbons (Fsp3) is 0.600. The van der Waals surface area contributed by atoms with E-state index in [2.05, 4.69) is 10.3 Å². The summed E-state index contributed by atoms with van der Waals surface area (Å²) in [5, 5.41) is 20.8. The molecule has 4 aliphatic carbocycles. The van der Waals surface area contributed by atoms with Crippen molar-refractivity contribution in [1.82, 2.24) is 4.98 Å². The number of carbonyl (C=O) groups excluding carboxylic acids is 3.